The van der Waals surface area contributed by atoms with Gasteiger partial charge in [-0.25, -0.2) is 4.39 Å². The molecule has 2 N–H and O–H groups in total. The van der Waals surface area contributed by atoms with Crippen molar-refractivity contribution in [3.05, 3.63) is 52.3 Å². The van der Waals surface area contributed by atoms with E-state index in [2.05, 4.69) is 15.9 Å². The Kier molecular flexibility index (Phi) is 4.39. The van der Waals surface area contributed by atoms with Crippen molar-refractivity contribution in [2.75, 3.05) is 7.11 Å². The summed E-state index contributed by atoms with van der Waals surface area (Å²) in [5.41, 5.74) is 6.20. The predicted molar refractivity (Wildman–Crippen MR) is 75.1 cm³/mol. The first-order chi connectivity index (χ1) is 9.15. The molecular weight excluding hydrogens is 313 g/mol. The van der Waals surface area contributed by atoms with Gasteiger partial charge in [0.05, 0.1) is 11.6 Å². The number of benzene rings is 2. The molecule has 0 amide bonds. The third kappa shape index (κ3) is 3.05. The molecule has 19 heavy (non-hydrogen) atoms. The summed E-state index contributed by atoms with van der Waals surface area (Å²) in [6.07, 6.45) is 0. The Bertz CT molecular complexity index is 590. The van der Waals surface area contributed by atoms with Crippen LogP contribution in [0, 0.1) is 5.82 Å². The van der Waals surface area contributed by atoms with E-state index < -0.39 is 5.82 Å². The Morgan fingerprint density at radius 3 is 2.63 bits per heavy atom. The standard InChI is InChI=1S/C14H13BrFNO2/c1-18-10-3-2-4-11(7-10)19-12-6-5-9(8-17)13(15)14(12)16/h2-7H,8,17H2,1H3. The third-order valence-electron chi connectivity index (χ3n) is 2.62. The highest BCUT2D eigenvalue weighted by atomic mass is 79.9. The Morgan fingerprint density at radius 1 is 1.21 bits per heavy atom. The van der Waals surface area contributed by atoms with Gasteiger partial charge in [-0.1, -0.05) is 12.1 Å². The van der Waals surface area contributed by atoms with Gasteiger partial charge in [0.1, 0.15) is 11.5 Å². The van der Waals surface area contributed by atoms with Crippen LogP contribution in [0.3, 0.4) is 0 Å². The van der Waals surface area contributed by atoms with Crippen LogP contribution in [0.4, 0.5) is 4.39 Å². The predicted octanol–water partition coefficient (Wildman–Crippen LogP) is 3.85. The maximum Gasteiger partial charge on any atom is 0.180 e. The molecule has 5 heteroatoms. The van der Waals surface area contributed by atoms with Gasteiger partial charge in [0.2, 0.25) is 0 Å². The van der Waals surface area contributed by atoms with Crippen molar-refractivity contribution in [2.45, 2.75) is 6.54 Å². The van der Waals surface area contributed by atoms with E-state index in [1.807, 2.05) is 0 Å². The lowest BCUT2D eigenvalue weighted by molar-refractivity contribution is 0.405. The smallest absolute Gasteiger partial charge is 0.180 e. The quantitative estimate of drug-likeness (QED) is 0.928. The molecule has 0 aliphatic heterocycles. The van der Waals surface area contributed by atoms with Crippen LogP contribution in [-0.4, -0.2) is 7.11 Å². The SMILES string of the molecule is COc1cccc(Oc2ccc(CN)c(Br)c2F)c1. The Morgan fingerprint density at radius 2 is 1.95 bits per heavy atom. The number of halogens is 2. The van der Waals surface area contributed by atoms with Crippen molar-refractivity contribution in [1.29, 1.82) is 0 Å². The molecule has 0 bridgehead atoms. The molecule has 2 rings (SSSR count). The molecule has 0 saturated heterocycles. The number of methoxy groups -OCH3 is 1. The lowest BCUT2D eigenvalue weighted by atomic mass is 10.2. The highest BCUT2D eigenvalue weighted by Crippen LogP contribution is 2.32. The van der Waals surface area contributed by atoms with Crippen LogP contribution in [-0.2, 0) is 6.54 Å². The van der Waals surface area contributed by atoms with Crippen LogP contribution in [0.5, 0.6) is 17.2 Å². The van der Waals surface area contributed by atoms with E-state index in [1.165, 1.54) is 0 Å². The van der Waals surface area contributed by atoms with Crippen LogP contribution in [0.2, 0.25) is 0 Å². The monoisotopic (exact) mass is 325 g/mol. The topological polar surface area (TPSA) is 44.5 Å². The molecule has 0 aromatic heterocycles. The Hall–Kier alpha value is -1.59. The zero-order valence-corrected chi connectivity index (χ0v) is 11.9. The molecule has 0 radical (unpaired) electrons. The molecular formula is C14H13BrFNO2. The van der Waals surface area contributed by atoms with Crippen LogP contribution in [0.25, 0.3) is 0 Å². The fraction of sp³-hybridized carbons (Fsp3) is 0.143. The molecule has 100 valence electrons. The van der Waals surface area contributed by atoms with Crippen LogP contribution in [0.15, 0.2) is 40.9 Å². The van der Waals surface area contributed by atoms with E-state index in [0.29, 0.717) is 21.5 Å². The number of rotatable bonds is 4. The Labute approximate surface area is 119 Å². The van der Waals surface area contributed by atoms with Gasteiger partial charge in [-0.2, -0.15) is 0 Å². The van der Waals surface area contributed by atoms with Crippen molar-refractivity contribution in [2.24, 2.45) is 5.73 Å². The average Bonchev–Trinajstić information content (AvgIpc) is 2.44. The van der Waals surface area contributed by atoms with E-state index in [1.54, 1.807) is 43.5 Å². The summed E-state index contributed by atoms with van der Waals surface area (Å²) in [7, 11) is 1.56. The van der Waals surface area contributed by atoms with Crippen molar-refractivity contribution in [3.63, 3.8) is 0 Å². The minimum atomic E-state index is -0.467. The lowest BCUT2D eigenvalue weighted by Gasteiger charge is -2.10. The second-order valence-electron chi connectivity index (χ2n) is 3.84. The fourth-order valence-corrected chi connectivity index (χ4v) is 2.09. The summed E-state index contributed by atoms with van der Waals surface area (Å²) in [6, 6.07) is 10.3. The molecule has 0 aliphatic rings. The number of ether oxygens (including phenoxy) is 2. The van der Waals surface area contributed by atoms with Crippen LogP contribution in [0.1, 0.15) is 5.56 Å². The van der Waals surface area contributed by atoms with Crippen LogP contribution >= 0.6 is 15.9 Å². The van der Waals surface area contributed by atoms with Crippen molar-refractivity contribution in [3.8, 4) is 17.2 Å². The number of nitrogens with two attached hydrogens (primary N) is 1. The first-order valence-corrected chi connectivity index (χ1v) is 6.44. The molecule has 0 unspecified atom stereocenters. The zero-order valence-electron chi connectivity index (χ0n) is 10.3. The van der Waals surface area contributed by atoms with Gasteiger partial charge >= 0.3 is 0 Å². The number of hydrogen-bond acceptors (Lipinski definition) is 3. The largest absolute Gasteiger partial charge is 0.497 e. The maximum atomic E-state index is 14.1. The van der Waals surface area contributed by atoms with Gasteiger partial charge in [0, 0.05) is 12.6 Å². The van der Waals surface area contributed by atoms with Gasteiger partial charge in [-0.15, -0.1) is 0 Å². The molecule has 3 nitrogen and oxygen atoms in total. The summed E-state index contributed by atoms with van der Waals surface area (Å²) < 4.78 is 25.0. The highest BCUT2D eigenvalue weighted by molar-refractivity contribution is 9.10. The van der Waals surface area contributed by atoms with E-state index >= 15 is 0 Å². The molecule has 0 saturated carbocycles. The molecule has 2 aromatic rings. The van der Waals surface area contributed by atoms with Gasteiger partial charge in [0.25, 0.3) is 0 Å². The maximum absolute atomic E-state index is 14.1. The summed E-state index contributed by atoms with van der Waals surface area (Å²) >= 11 is 3.17. The highest BCUT2D eigenvalue weighted by Gasteiger charge is 2.12. The minimum Gasteiger partial charge on any atom is -0.497 e. The molecule has 0 fully saturated rings. The van der Waals surface area contributed by atoms with Gasteiger partial charge in [-0.3, -0.25) is 0 Å². The van der Waals surface area contributed by atoms with Gasteiger partial charge in [-0.05, 0) is 39.7 Å². The number of hydrogen-bond donors (Lipinski definition) is 1. The Balaban J connectivity index is 2.30. The third-order valence-corrected chi connectivity index (χ3v) is 3.47. The molecule has 0 aliphatic carbocycles. The normalized spacial score (nSPS) is 10.3. The van der Waals surface area contributed by atoms with E-state index in [9.17, 15) is 4.39 Å². The summed E-state index contributed by atoms with van der Waals surface area (Å²) in [5, 5.41) is 0. The molecule has 0 atom stereocenters. The lowest BCUT2D eigenvalue weighted by Crippen LogP contribution is -2.00. The molecule has 2 aromatic carbocycles. The van der Waals surface area contributed by atoms with E-state index in [4.69, 9.17) is 15.2 Å². The first-order valence-electron chi connectivity index (χ1n) is 5.64. The van der Waals surface area contributed by atoms with Crippen molar-refractivity contribution in [1.82, 2.24) is 0 Å². The summed E-state index contributed by atoms with van der Waals surface area (Å²) in [4.78, 5) is 0. The second-order valence-corrected chi connectivity index (χ2v) is 4.63. The van der Waals surface area contributed by atoms with E-state index in [0.717, 1.165) is 0 Å². The van der Waals surface area contributed by atoms with Gasteiger partial charge in [0.15, 0.2) is 11.6 Å². The molecule has 0 heterocycles. The summed E-state index contributed by atoms with van der Waals surface area (Å²) in [6.45, 7) is 0.261. The first kappa shape index (κ1) is 13.8. The minimum absolute atomic E-state index is 0.136. The van der Waals surface area contributed by atoms with Crippen LogP contribution < -0.4 is 15.2 Å². The van der Waals surface area contributed by atoms with Gasteiger partial charge < -0.3 is 15.2 Å². The fourth-order valence-electron chi connectivity index (χ4n) is 1.60. The zero-order chi connectivity index (χ0) is 13.8. The second kappa shape index (κ2) is 6.04. The average molecular weight is 326 g/mol. The molecule has 0 spiro atoms. The summed E-state index contributed by atoms with van der Waals surface area (Å²) in [5.74, 6) is 0.823. The van der Waals surface area contributed by atoms with Crippen molar-refractivity contribution < 1.29 is 13.9 Å². The van der Waals surface area contributed by atoms with Crippen molar-refractivity contribution >= 4 is 15.9 Å². The van der Waals surface area contributed by atoms with E-state index in [-0.39, 0.29) is 12.3 Å².